The Balaban J connectivity index is 2.32. The van der Waals surface area contributed by atoms with Gasteiger partial charge in [-0.15, -0.1) is 0 Å². The molecule has 3 heteroatoms. The molecular weight excluding hydrogens is 162 g/mol. The Hall–Kier alpha value is -0.960. The molecule has 0 saturated heterocycles. The topological polar surface area (TPSA) is 51.8 Å². The largest absolute Gasteiger partial charge is 0.319 e. The highest BCUT2D eigenvalue weighted by molar-refractivity contribution is 5.16. The zero-order valence-corrected chi connectivity index (χ0v) is 8.12. The summed E-state index contributed by atoms with van der Waals surface area (Å²) >= 11 is 0. The van der Waals surface area contributed by atoms with E-state index in [4.69, 9.17) is 5.73 Å². The molecule has 2 rings (SSSR count). The second-order valence-electron chi connectivity index (χ2n) is 4.30. The van der Waals surface area contributed by atoms with Gasteiger partial charge in [0.15, 0.2) is 0 Å². The molecule has 0 radical (unpaired) electrons. The maximum atomic E-state index is 5.92. The van der Waals surface area contributed by atoms with Crippen molar-refractivity contribution in [1.29, 1.82) is 0 Å². The third kappa shape index (κ3) is 1.86. The molecule has 2 N–H and O–H groups in total. The third-order valence-corrected chi connectivity index (χ3v) is 2.25. The van der Waals surface area contributed by atoms with Crippen LogP contribution in [0.2, 0.25) is 0 Å². The molecule has 70 valence electrons. The summed E-state index contributed by atoms with van der Waals surface area (Å²) in [5, 5.41) is 0. The fourth-order valence-corrected chi connectivity index (χ4v) is 1.29. The van der Waals surface area contributed by atoms with Crippen LogP contribution >= 0.6 is 0 Å². The normalized spacial score (nSPS) is 17.5. The van der Waals surface area contributed by atoms with Crippen LogP contribution in [-0.4, -0.2) is 9.97 Å². The van der Waals surface area contributed by atoms with Crippen LogP contribution in [0.3, 0.4) is 0 Å². The fraction of sp³-hybridized carbons (Fsp3) is 0.600. The number of nitrogens with two attached hydrogens (primary N) is 1. The SMILES string of the molecule is CC(C)(N)c1nccc(C2CC2)n1. The minimum atomic E-state index is -0.426. The Bertz CT molecular complexity index is 310. The van der Waals surface area contributed by atoms with Crippen molar-refractivity contribution in [3.8, 4) is 0 Å². The molecule has 1 aromatic heterocycles. The first kappa shape index (κ1) is 8.63. The van der Waals surface area contributed by atoms with E-state index in [2.05, 4.69) is 9.97 Å². The minimum absolute atomic E-state index is 0.426. The van der Waals surface area contributed by atoms with Gasteiger partial charge in [0, 0.05) is 17.8 Å². The summed E-state index contributed by atoms with van der Waals surface area (Å²) in [6.45, 7) is 3.86. The van der Waals surface area contributed by atoms with E-state index in [1.807, 2.05) is 26.1 Å². The molecule has 13 heavy (non-hydrogen) atoms. The van der Waals surface area contributed by atoms with E-state index in [1.54, 1.807) is 0 Å². The summed E-state index contributed by atoms with van der Waals surface area (Å²) in [4.78, 5) is 8.65. The molecule has 0 amide bonds. The van der Waals surface area contributed by atoms with E-state index in [0.717, 1.165) is 11.5 Å². The second kappa shape index (κ2) is 2.77. The molecule has 1 heterocycles. The van der Waals surface area contributed by atoms with Gasteiger partial charge in [-0.25, -0.2) is 9.97 Å². The highest BCUT2D eigenvalue weighted by atomic mass is 15.0. The maximum Gasteiger partial charge on any atom is 0.147 e. The van der Waals surface area contributed by atoms with E-state index in [9.17, 15) is 0 Å². The van der Waals surface area contributed by atoms with Crippen LogP contribution in [0.5, 0.6) is 0 Å². The fourth-order valence-electron chi connectivity index (χ4n) is 1.29. The molecule has 0 atom stereocenters. The van der Waals surface area contributed by atoms with E-state index < -0.39 is 5.54 Å². The Kier molecular flexibility index (Phi) is 1.84. The van der Waals surface area contributed by atoms with E-state index in [0.29, 0.717) is 5.92 Å². The molecule has 1 aliphatic carbocycles. The van der Waals surface area contributed by atoms with Crippen LogP contribution in [0.25, 0.3) is 0 Å². The summed E-state index contributed by atoms with van der Waals surface area (Å²) in [6.07, 6.45) is 4.34. The molecule has 0 spiro atoms. The molecule has 3 nitrogen and oxygen atoms in total. The van der Waals surface area contributed by atoms with Crippen LogP contribution < -0.4 is 5.73 Å². The molecule has 0 unspecified atom stereocenters. The molecule has 0 aromatic carbocycles. The van der Waals surface area contributed by atoms with Crippen LogP contribution in [0.15, 0.2) is 12.3 Å². The van der Waals surface area contributed by atoms with Gasteiger partial charge in [0.05, 0.1) is 5.54 Å². The molecule has 0 aliphatic heterocycles. The van der Waals surface area contributed by atoms with Crippen molar-refractivity contribution in [1.82, 2.24) is 9.97 Å². The quantitative estimate of drug-likeness (QED) is 0.745. The van der Waals surface area contributed by atoms with Crippen molar-refractivity contribution in [2.24, 2.45) is 5.73 Å². The first-order chi connectivity index (χ1) is 6.07. The van der Waals surface area contributed by atoms with Crippen LogP contribution in [0.4, 0.5) is 0 Å². The van der Waals surface area contributed by atoms with Crippen molar-refractivity contribution < 1.29 is 0 Å². The highest BCUT2D eigenvalue weighted by Gasteiger charge is 2.27. The third-order valence-electron chi connectivity index (χ3n) is 2.25. The van der Waals surface area contributed by atoms with Crippen molar-refractivity contribution in [3.63, 3.8) is 0 Å². The van der Waals surface area contributed by atoms with Gasteiger partial charge in [-0.1, -0.05) is 0 Å². The van der Waals surface area contributed by atoms with Gasteiger partial charge in [-0.05, 0) is 32.8 Å². The van der Waals surface area contributed by atoms with Crippen LogP contribution in [0.1, 0.15) is 44.1 Å². The van der Waals surface area contributed by atoms with Gasteiger partial charge in [0.1, 0.15) is 5.82 Å². The van der Waals surface area contributed by atoms with Gasteiger partial charge in [0.25, 0.3) is 0 Å². The smallest absolute Gasteiger partial charge is 0.147 e. The summed E-state index contributed by atoms with van der Waals surface area (Å²) in [6, 6.07) is 1.99. The van der Waals surface area contributed by atoms with Gasteiger partial charge >= 0.3 is 0 Å². The van der Waals surface area contributed by atoms with Crippen LogP contribution in [0, 0.1) is 0 Å². The zero-order valence-electron chi connectivity index (χ0n) is 8.12. The van der Waals surface area contributed by atoms with Gasteiger partial charge in [-0.2, -0.15) is 0 Å². The molecular formula is C10H15N3. The predicted octanol–water partition coefficient (Wildman–Crippen LogP) is 1.55. The van der Waals surface area contributed by atoms with Crippen LogP contribution in [-0.2, 0) is 5.54 Å². The van der Waals surface area contributed by atoms with Crippen molar-refractivity contribution >= 4 is 0 Å². The summed E-state index contributed by atoms with van der Waals surface area (Å²) in [5.74, 6) is 1.42. The Morgan fingerprint density at radius 3 is 2.69 bits per heavy atom. The highest BCUT2D eigenvalue weighted by Crippen LogP contribution is 2.38. The number of rotatable bonds is 2. The summed E-state index contributed by atoms with van der Waals surface area (Å²) in [7, 11) is 0. The first-order valence-corrected chi connectivity index (χ1v) is 4.69. The van der Waals surface area contributed by atoms with Gasteiger partial charge in [-0.3, -0.25) is 0 Å². The Morgan fingerprint density at radius 1 is 1.46 bits per heavy atom. The number of hydrogen-bond donors (Lipinski definition) is 1. The minimum Gasteiger partial charge on any atom is -0.319 e. The standard InChI is InChI=1S/C10H15N3/c1-10(2,11)9-12-6-5-8(13-9)7-3-4-7/h5-7H,3-4,11H2,1-2H3. The van der Waals surface area contributed by atoms with Gasteiger partial charge in [0.2, 0.25) is 0 Å². The summed E-state index contributed by atoms with van der Waals surface area (Å²) in [5.41, 5.74) is 6.65. The van der Waals surface area contributed by atoms with E-state index in [-0.39, 0.29) is 0 Å². The monoisotopic (exact) mass is 177 g/mol. The number of aromatic nitrogens is 2. The van der Waals surface area contributed by atoms with Crippen molar-refractivity contribution in [2.75, 3.05) is 0 Å². The average Bonchev–Trinajstić information content (AvgIpc) is 2.85. The maximum absolute atomic E-state index is 5.92. The first-order valence-electron chi connectivity index (χ1n) is 4.69. The van der Waals surface area contributed by atoms with Crippen molar-refractivity contribution in [3.05, 3.63) is 23.8 Å². The Labute approximate surface area is 78.4 Å². The second-order valence-corrected chi connectivity index (χ2v) is 4.30. The predicted molar refractivity (Wildman–Crippen MR) is 51.2 cm³/mol. The average molecular weight is 177 g/mol. The lowest BCUT2D eigenvalue weighted by molar-refractivity contribution is 0.510. The lowest BCUT2D eigenvalue weighted by atomic mass is 10.1. The Morgan fingerprint density at radius 2 is 2.15 bits per heavy atom. The number of hydrogen-bond acceptors (Lipinski definition) is 3. The van der Waals surface area contributed by atoms with Gasteiger partial charge < -0.3 is 5.73 Å². The van der Waals surface area contributed by atoms with E-state index in [1.165, 1.54) is 12.8 Å². The molecule has 1 aliphatic rings. The van der Waals surface area contributed by atoms with Crippen molar-refractivity contribution in [2.45, 2.75) is 38.1 Å². The lowest BCUT2D eigenvalue weighted by Crippen LogP contribution is -2.31. The molecule has 0 bridgehead atoms. The molecule has 1 fully saturated rings. The number of nitrogens with zero attached hydrogens (tertiary/aromatic N) is 2. The van der Waals surface area contributed by atoms with E-state index >= 15 is 0 Å². The molecule has 1 saturated carbocycles. The summed E-state index contributed by atoms with van der Waals surface area (Å²) < 4.78 is 0. The zero-order chi connectivity index (χ0) is 9.47. The lowest BCUT2D eigenvalue weighted by Gasteiger charge is -2.16. The molecule has 1 aromatic rings.